The molecular formula is C6H13NO. The van der Waals surface area contributed by atoms with Crippen molar-refractivity contribution in [3.8, 4) is 0 Å². The third-order valence-electron chi connectivity index (χ3n) is 0.523. The van der Waals surface area contributed by atoms with Crippen molar-refractivity contribution in [2.75, 3.05) is 0 Å². The highest BCUT2D eigenvalue weighted by atomic mass is 16.0. The molecule has 0 saturated carbocycles. The molecule has 0 aromatic carbocycles. The monoisotopic (exact) mass is 115 g/mol. The molecule has 48 valence electrons. The third-order valence-corrected chi connectivity index (χ3v) is 0.523. The minimum Gasteiger partial charge on any atom is -0.412 e. The summed E-state index contributed by atoms with van der Waals surface area (Å²) in [6.07, 6.45) is 6.58. The van der Waals surface area contributed by atoms with Crippen LogP contribution in [-0.4, -0.2) is 11.7 Å². The van der Waals surface area contributed by atoms with Crippen LogP contribution in [-0.2, 0) is 0 Å². The lowest BCUT2D eigenvalue weighted by Crippen LogP contribution is -1.61. The normalized spacial score (nSPS) is 10.2. The average Bonchev–Trinajstić information content (AvgIpc) is 1.69. The van der Waals surface area contributed by atoms with Gasteiger partial charge < -0.3 is 5.48 Å². The van der Waals surface area contributed by atoms with E-state index in [1.54, 1.807) is 6.20 Å². The fourth-order valence-corrected chi connectivity index (χ4v) is 0.252. The van der Waals surface area contributed by atoms with Crippen LogP contribution in [0.3, 0.4) is 0 Å². The number of hydrogen-bond donors (Lipinski definition) is 0. The Morgan fingerprint density at radius 3 is 2.50 bits per heavy atom. The first-order valence-corrected chi connectivity index (χ1v) is 2.54. The van der Waals surface area contributed by atoms with E-state index >= 15 is 0 Å². The quantitative estimate of drug-likeness (QED) is 0.485. The van der Waals surface area contributed by atoms with Crippen LogP contribution >= 0.6 is 0 Å². The average molecular weight is 115 g/mol. The van der Waals surface area contributed by atoms with Crippen LogP contribution in [0.25, 0.3) is 0 Å². The van der Waals surface area contributed by atoms with E-state index in [1.165, 1.54) is 0 Å². The minimum absolute atomic E-state index is 0. The van der Waals surface area contributed by atoms with Gasteiger partial charge in [0.2, 0.25) is 0 Å². The van der Waals surface area contributed by atoms with Gasteiger partial charge in [-0.1, -0.05) is 13.0 Å². The molecule has 0 saturated heterocycles. The van der Waals surface area contributed by atoms with Crippen molar-refractivity contribution in [3.63, 3.8) is 0 Å². The Labute approximate surface area is 50.3 Å². The first-order valence-electron chi connectivity index (χ1n) is 2.54. The van der Waals surface area contributed by atoms with Crippen molar-refractivity contribution in [2.45, 2.75) is 20.3 Å². The zero-order valence-corrected chi connectivity index (χ0v) is 5.39. The predicted octanol–water partition coefficient (Wildman–Crippen LogP) is 1.18. The van der Waals surface area contributed by atoms with E-state index in [1.807, 2.05) is 19.2 Å². The molecule has 8 heavy (non-hydrogen) atoms. The summed E-state index contributed by atoms with van der Waals surface area (Å²) in [5.41, 5.74) is 0. The highest BCUT2D eigenvalue weighted by Gasteiger charge is 1.58. The molecule has 0 aromatic heterocycles. The van der Waals surface area contributed by atoms with Gasteiger partial charge in [0.25, 0.3) is 0 Å². The van der Waals surface area contributed by atoms with Gasteiger partial charge in [0.05, 0.1) is 0 Å². The highest BCUT2D eigenvalue weighted by Crippen LogP contribution is 1.72. The van der Waals surface area contributed by atoms with Crippen LogP contribution in [0.15, 0.2) is 17.3 Å². The van der Waals surface area contributed by atoms with Crippen molar-refractivity contribution >= 4 is 6.21 Å². The SMILES string of the molecule is CC=CN=CCC.O. The highest BCUT2D eigenvalue weighted by molar-refractivity contribution is 5.57. The van der Waals surface area contributed by atoms with Gasteiger partial charge in [0, 0.05) is 12.4 Å². The Balaban J connectivity index is 0. The maximum atomic E-state index is 3.90. The summed E-state index contributed by atoms with van der Waals surface area (Å²) in [5.74, 6) is 0. The first kappa shape index (κ1) is 10.4. The Morgan fingerprint density at radius 2 is 2.12 bits per heavy atom. The summed E-state index contributed by atoms with van der Waals surface area (Å²) in [6.45, 7) is 4.01. The number of hydrogen-bond acceptors (Lipinski definition) is 1. The van der Waals surface area contributed by atoms with Gasteiger partial charge >= 0.3 is 0 Å². The Kier molecular flexibility index (Phi) is 12.5. The van der Waals surface area contributed by atoms with Gasteiger partial charge in [-0.3, -0.25) is 4.99 Å². The lowest BCUT2D eigenvalue weighted by atomic mass is 10.5. The van der Waals surface area contributed by atoms with Gasteiger partial charge in [-0.25, -0.2) is 0 Å². The lowest BCUT2D eigenvalue weighted by Gasteiger charge is -1.71. The molecule has 0 atom stereocenters. The second-order valence-corrected chi connectivity index (χ2v) is 1.22. The van der Waals surface area contributed by atoms with E-state index in [9.17, 15) is 0 Å². The Bertz CT molecular complexity index is 76.6. The summed E-state index contributed by atoms with van der Waals surface area (Å²) in [7, 11) is 0. The molecule has 0 fully saturated rings. The smallest absolute Gasteiger partial charge is 0.0221 e. The molecule has 0 spiro atoms. The lowest BCUT2D eigenvalue weighted by molar-refractivity contribution is 0.824. The number of rotatable bonds is 2. The zero-order chi connectivity index (χ0) is 5.54. The zero-order valence-electron chi connectivity index (χ0n) is 5.39. The first-order chi connectivity index (χ1) is 3.41. The van der Waals surface area contributed by atoms with E-state index in [4.69, 9.17) is 0 Å². The molecule has 0 heterocycles. The molecule has 0 unspecified atom stereocenters. The summed E-state index contributed by atoms with van der Waals surface area (Å²) in [5, 5.41) is 0. The standard InChI is InChI=1S/C6H11N.H2O/c1-3-5-7-6-4-2;/h3,5-6H,4H2,1-2H3;1H2. The summed E-state index contributed by atoms with van der Waals surface area (Å²) >= 11 is 0. The second kappa shape index (κ2) is 9.62. The third kappa shape index (κ3) is 9.03. The fourth-order valence-electron chi connectivity index (χ4n) is 0.252. The summed E-state index contributed by atoms with van der Waals surface area (Å²) in [4.78, 5) is 3.90. The van der Waals surface area contributed by atoms with Crippen LogP contribution < -0.4 is 0 Å². The van der Waals surface area contributed by atoms with Crippen molar-refractivity contribution in [1.82, 2.24) is 0 Å². The molecule has 0 aromatic rings. The molecule has 0 amide bonds. The molecule has 0 aliphatic carbocycles. The van der Waals surface area contributed by atoms with Crippen molar-refractivity contribution < 1.29 is 5.48 Å². The summed E-state index contributed by atoms with van der Waals surface area (Å²) in [6, 6.07) is 0. The second-order valence-electron chi connectivity index (χ2n) is 1.22. The summed E-state index contributed by atoms with van der Waals surface area (Å²) < 4.78 is 0. The van der Waals surface area contributed by atoms with E-state index in [-0.39, 0.29) is 5.48 Å². The largest absolute Gasteiger partial charge is 0.412 e. The van der Waals surface area contributed by atoms with E-state index in [0.717, 1.165) is 6.42 Å². The van der Waals surface area contributed by atoms with Gasteiger partial charge in [-0.2, -0.15) is 0 Å². The maximum absolute atomic E-state index is 3.90. The van der Waals surface area contributed by atoms with Crippen molar-refractivity contribution in [2.24, 2.45) is 4.99 Å². The number of aliphatic imine (C=N–C) groups is 1. The van der Waals surface area contributed by atoms with Crippen molar-refractivity contribution in [1.29, 1.82) is 0 Å². The molecule has 0 rings (SSSR count). The maximum Gasteiger partial charge on any atom is 0.0221 e. The van der Waals surface area contributed by atoms with E-state index < -0.39 is 0 Å². The predicted molar refractivity (Wildman–Crippen MR) is 37.2 cm³/mol. The Morgan fingerprint density at radius 1 is 1.50 bits per heavy atom. The molecule has 2 nitrogen and oxygen atoms in total. The molecule has 0 aliphatic heterocycles. The minimum atomic E-state index is 0. The van der Waals surface area contributed by atoms with Crippen LogP contribution in [0.1, 0.15) is 20.3 Å². The van der Waals surface area contributed by atoms with Gasteiger partial charge in [-0.05, 0) is 13.3 Å². The molecular weight excluding hydrogens is 102 g/mol. The Hall–Kier alpha value is -0.630. The van der Waals surface area contributed by atoms with Crippen LogP contribution in [0.4, 0.5) is 0 Å². The molecule has 0 radical (unpaired) electrons. The van der Waals surface area contributed by atoms with Crippen LogP contribution in [0.2, 0.25) is 0 Å². The van der Waals surface area contributed by atoms with Crippen LogP contribution in [0.5, 0.6) is 0 Å². The van der Waals surface area contributed by atoms with Crippen LogP contribution in [0, 0.1) is 0 Å². The number of allylic oxidation sites excluding steroid dienone is 1. The van der Waals surface area contributed by atoms with Gasteiger partial charge in [0.15, 0.2) is 0 Å². The molecule has 0 bridgehead atoms. The van der Waals surface area contributed by atoms with E-state index in [2.05, 4.69) is 11.9 Å². The molecule has 2 N–H and O–H groups in total. The van der Waals surface area contributed by atoms with Crippen molar-refractivity contribution in [3.05, 3.63) is 12.3 Å². The van der Waals surface area contributed by atoms with Gasteiger partial charge in [-0.15, -0.1) is 0 Å². The van der Waals surface area contributed by atoms with E-state index in [0.29, 0.717) is 0 Å². The topological polar surface area (TPSA) is 43.9 Å². The fraction of sp³-hybridized carbons (Fsp3) is 0.500. The van der Waals surface area contributed by atoms with Gasteiger partial charge in [0.1, 0.15) is 0 Å². The molecule has 2 heteroatoms. The molecule has 0 aliphatic rings. The number of nitrogens with zero attached hydrogens (tertiary/aromatic N) is 1.